The molecular formula is C24H29N5O3S. The quantitative estimate of drug-likeness (QED) is 0.441. The number of amides is 2. The second-order valence-corrected chi connectivity index (χ2v) is 8.49. The van der Waals surface area contributed by atoms with Gasteiger partial charge in [-0.1, -0.05) is 42.1 Å². The summed E-state index contributed by atoms with van der Waals surface area (Å²) >= 11 is 1.32. The lowest BCUT2D eigenvalue weighted by Crippen LogP contribution is -2.30. The van der Waals surface area contributed by atoms with E-state index >= 15 is 0 Å². The van der Waals surface area contributed by atoms with E-state index in [4.69, 9.17) is 4.74 Å². The predicted octanol–water partition coefficient (Wildman–Crippen LogP) is 3.77. The average molecular weight is 468 g/mol. The first-order valence-corrected chi connectivity index (χ1v) is 11.7. The van der Waals surface area contributed by atoms with Crippen molar-refractivity contribution < 1.29 is 14.3 Å². The largest absolute Gasteiger partial charge is 0.497 e. The van der Waals surface area contributed by atoms with E-state index in [-0.39, 0.29) is 30.0 Å². The van der Waals surface area contributed by atoms with Crippen LogP contribution in [0.25, 0.3) is 0 Å². The molecule has 0 aliphatic heterocycles. The summed E-state index contributed by atoms with van der Waals surface area (Å²) in [7, 11) is 1.61. The fourth-order valence-corrected chi connectivity index (χ4v) is 4.15. The number of benzene rings is 2. The van der Waals surface area contributed by atoms with E-state index in [1.807, 2.05) is 73.9 Å². The highest BCUT2D eigenvalue weighted by Crippen LogP contribution is 2.22. The number of carbonyl (C=O) groups is 2. The maximum absolute atomic E-state index is 12.5. The molecule has 174 valence electrons. The molecule has 3 rings (SSSR count). The minimum Gasteiger partial charge on any atom is -0.497 e. The molecule has 0 aliphatic carbocycles. The van der Waals surface area contributed by atoms with Gasteiger partial charge in [0.2, 0.25) is 11.8 Å². The van der Waals surface area contributed by atoms with Gasteiger partial charge in [0, 0.05) is 12.2 Å². The Morgan fingerprint density at radius 1 is 1.09 bits per heavy atom. The Morgan fingerprint density at radius 2 is 1.82 bits per heavy atom. The zero-order valence-corrected chi connectivity index (χ0v) is 20.1. The Kier molecular flexibility index (Phi) is 8.48. The predicted molar refractivity (Wildman–Crippen MR) is 129 cm³/mol. The maximum atomic E-state index is 12.5. The molecule has 2 N–H and O–H groups in total. The molecule has 2 amide bonds. The first kappa shape index (κ1) is 24.3. The Bertz CT molecular complexity index is 1100. The van der Waals surface area contributed by atoms with E-state index < -0.39 is 0 Å². The second kappa shape index (κ2) is 11.5. The van der Waals surface area contributed by atoms with Gasteiger partial charge in [-0.05, 0) is 50.1 Å². The highest BCUT2D eigenvalue weighted by Gasteiger charge is 2.20. The minimum atomic E-state index is -0.321. The Morgan fingerprint density at radius 3 is 2.48 bits per heavy atom. The van der Waals surface area contributed by atoms with Crippen molar-refractivity contribution in [2.45, 2.75) is 44.9 Å². The van der Waals surface area contributed by atoms with Gasteiger partial charge in [0.15, 0.2) is 11.0 Å². The second-order valence-electron chi connectivity index (χ2n) is 7.55. The van der Waals surface area contributed by atoms with E-state index in [1.165, 1.54) is 11.8 Å². The fourth-order valence-electron chi connectivity index (χ4n) is 3.34. The molecule has 0 unspecified atom stereocenters. The van der Waals surface area contributed by atoms with Crippen LogP contribution in [0.3, 0.4) is 0 Å². The van der Waals surface area contributed by atoms with Gasteiger partial charge in [-0.25, -0.2) is 0 Å². The van der Waals surface area contributed by atoms with Crippen LogP contribution >= 0.6 is 11.8 Å². The Labute approximate surface area is 198 Å². The van der Waals surface area contributed by atoms with Crippen LogP contribution in [0.2, 0.25) is 0 Å². The molecular weight excluding hydrogens is 438 g/mol. The third-order valence-electron chi connectivity index (χ3n) is 5.10. The number of aryl methyl sites for hydroxylation is 1. The third-order valence-corrected chi connectivity index (χ3v) is 6.07. The van der Waals surface area contributed by atoms with Crippen molar-refractivity contribution in [2.75, 3.05) is 18.2 Å². The van der Waals surface area contributed by atoms with Gasteiger partial charge >= 0.3 is 0 Å². The molecule has 0 bridgehead atoms. The molecule has 0 aliphatic rings. The molecule has 0 fully saturated rings. The van der Waals surface area contributed by atoms with E-state index in [0.29, 0.717) is 17.5 Å². The van der Waals surface area contributed by atoms with Crippen LogP contribution in [0.1, 0.15) is 36.8 Å². The van der Waals surface area contributed by atoms with Crippen LogP contribution in [-0.4, -0.2) is 39.4 Å². The van der Waals surface area contributed by atoms with E-state index in [0.717, 1.165) is 22.6 Å². The van der Waals surface area contributed by atoms with Crippen molar-refractivity contribution in [3.8, 4) is 5.75 Å². The summed E-state index contributed by atoms with van der Waals surface area (Å²) < 4.78 is 7.07. The number of rotatable bonds is 10. The fraction of sp³-hybridized carbons (Fsp3) is 0.333. The standard InChI is InChI=1S/C24H29N5O3S/c1-5-29-23(17(3)25-21(30)14-18-10-12-19(32-4)13-11-18)27-28-24(29)33-15-22(31)26-20-9-7-6-8-16(20)2/h6-13,17H,5,14-15H2,1-4H3,(H,25,30)(H,26,31)/t17-/m1/s1. The molecule has 8 nitrogen and oxygen atoms in total. The summed E-state index contributed by atoms with van der Waals surface area (Å²) in [5.74, 6) is 1.40. The Balaban J connectivity index is 1.57. The first-order valence-electron chi connectivity index (χ1n) is 10.7. The number of hydrogen-bond acceptors (Lipinski definition) is 6. The number of hydrogen-bond donors (Lipinski definition) is 2. The molecule has 2 aromatic carbocycles. The molecule has 0 spiro atoms. The van der Waals surface area contributed by atoms with E-state index in [2.05, 4.69) is 20.8 Å². The number of anilines is 1. The molecule has 3 aromatic rings. The smallest absolute Gasteiger partial charge is 0.234 e. The topological polar surface area (TPSA) is 98.1 Å². The van der Waals surface area contributed by atoms with Crippen molar-refractivity contribution in [2.24, 2.45) is 0 Å². The maximum Gasteiger partial charge on any atom is 0.234 e. The minimum absolute atomic E-state index is 0.106. The highest BCUT2D eigenvalue weighted by molar-refractivity contribution is 7.99. The molecule has 0 saturated heterocycles. The lowest BCUT2D eigenvalue weighted by molar-refractivity contribution is -0.121. The number of aromatic nitrogens is 3. The first-order chi connectivity index (χ1) is 15.9. The van der Waals surface area contributed by atoms with Crippen molar-refractivity contribution in [1.29, 1.82) is 0 Å². The van der Waals surface area contributed by atoms with Crippen LogP contribution in [0.15, 0.2) is 53.7 Å². The monoisotopic (exact) mass is 467 g/mol. The van der Waals surface area contributed by atoms with Gasteiger partial charge in [-0.15, -0.1) is 10.2 Å². The Hall–Kier alpha value is -3.33. The van der Waals surface area contributed by atoms with Crippen molar-refractivity contribution >= 4 is 29.3 Å². The van der Waals surface area contributed by atoms with Gasteiger partial charge in [-0.3, -0.25) is 9.59 Å². The van der Waals surface area contributed by atoms with Crippen molar-refractivity contribution in [3.63, 3.8) is 0 Å². The van der Waals surface area contributed by atoms with E-state index in [9.17, 15) is 9.59 Å². The molecule has 1 heterocycles. The lowest BCUT2D eigenvalue weighted by Gasteiger charge is -2.15. The van der Waals surface area contributed by atoms with Crippen LogP contribution in [0.4, 0.5) is 5.69 Å². The normalized spacial score (nSPS) is 11.6. The van der Waals surface area contributed by atoms with Crippen molar-refractivity contribution in [1.82, 2.24) is 20.1 Å². The third kappa shape index (κ3) is 6.58. The number of nitrogens with zero attached hydrogens (tertiary/aromatic N) is 3. The molecule has 9 heteroatoms. The lowest BCUT2D eigenvalue weighted by atomic mass is 10.1. The number of carbonyl (C=O) groups excluding carboxylic acids is 2. The van der Waals surface area contributed by atoms with Crippen LogP contribution < -0.4 is 15.4 Å². The van der Waals surface area contributed by atoms with Gasteiger partial charge in [0.25, 0.3) is 0 Å². The van der Waals surface area contributed by atoms with Gasteiger partial charge in [0.1, 0.15) is 5.75 Å². The van der Waals surface area contributed by atoms with Crippen LogP contribution in [0, 0.1) is 6.92 Å². The molecule has 1 aromatic heterocycles. The van der Waals surface area contributed by atoms with Crippen LogP contribution in [0.5, 0.6) is 5.75 Å². The van der Waals surface area contributed by atoms with Gasteiger partial charge < -0.3 is 19.9 Å². The number of thioether (sulfide) groups is 1. The zero-order chi connectivity index (χ0) is 23.8. The number of para-hydroxylation sites is 1. The summed E-state index contributed by atoms with van der Waals surface area (Å²) in [4.78, 5) is 24.9. The summed E-state index contributed by atoms with van der Waals surface area (Å²) in [5, 5.41) is 15.1. The van der Waals surface area contributed by atoms with Crippen molar-refractivity contribution in [3.05, 3.63) is 65.5 Å². The summed E-state index contributed by atoms with van der Waals surface area (Å²) in [6, 6.07) is 14.7. The SMILES string of the molecule is CCn1c(SCC(=O)Nc2ccccc2C)nnc1[C@@H](C)NC(=O)Cc1ccc(OC)cc1. The number of ether oxygens (including phenoxy) is 1. The van der Waals surface area contributed by atoms with E-state index in [1.54, 1.807) is 7.11 Å². The molecule has 0 saturated carbocycles. The van der Waals surface area contributed by atoms with Gasteiger partial charge in [0.05, 0.1) is 25.3 Å². The number of methoxy groups -OCH3 is 1. The molecule has 33 heavy (non-hydrogen) atoms. The van der Waals surface area contributed by atoms with Gasteiger partial charge in [-0.2, -0.15) is 0 Å². The average Bonchev–Trinajstić information content (AvgIpc) is 3.23. The zero-order valence-electron chi connectivity index (χ0n) is 19.3. The summed E-state index contributed by atoms with van der Waals surface area (Å²) in [5.41, 5.74) is 2.70. The highest BCUT2D eigenvalue weighted by atomic mass is 32.2. The molecule has 0 radical (unpaired) electrons. The molecule has 1 atom stereocenters. The summed E-state index contributed by atoms with van der Waals surface area (Å²) in [6.07, 6.45) is 0.259. The summed E-state index contributed by atoms with van der Waals surface area (Å²) in [6.45, 7) is 6.44. The van der Waals surface area contributed by atoms with Crippen LogP contribution in [-0.2, 0) is 22.6 Å². The number of nitrogens with one attached hydrogen (secondary N) is 2.